The van der Waals surface area contributed by atoms with Crippen LogP contribution in [0.1, 0.15) is 67.2 Å². The highest BCUT2D eigenvalue weighted by molar-refractivity contribution is 6.31. The number of carbonyl (C=O) groups excluding carboxylic acids is 2. The van der Waals surface area contributed by atoms with Crippen LogP contribution in [0.2, 0.25) is 10.0 Å². The van der Waals surface area contributed by atoms with Crippen LogP contribution in [0, 0.1) is 18.7 Å². The summed E-state index contributed by atoms with van der Waals surface area (Å²) in [6, 6.07) is 14.9. The molecule has 1 saturated heterocycles. The molecule has 1 saturated carbocycles. The lowest BCUT2D eigenvalue weighted by atomic mass is 9.89. The summed E-state index contributed by atoms with van der Waals surface area (Å²) in [5.74, 6) is 0.0954. The van der Waals surface area contributed by atoms with Crippen LogP contribution in [0.3, 0.4) is 0 Å². The molecule has 6 rings (SSSR count). The number of imidazole rings is 1. The molecule has 8 nitrogen and oxygen atoms in total. The lowest BCUT2D eigenvalue weighted by molar-refractivity contribution is -0.121. The van der Waals surface area contributed by atoms with E-state index < -0.39 is 23.7 Å². The molecule has 3 atom stereocenters. The van der Waals surface area contributed by atoms with Gasteiger partial charge in [0.1, 0.15) is 23.0 Å². The molecule has 0 spiro atoms. The minimum atomic E-state index is -0.606. The van der Waals surface area contributed by atoms with E-state index in [1.54, 1.807) is 42.5 Å². The number of anilines is 1. The Labute approximate surface area is 285 Å². The number of aromatic nitrogens is 2. The Kier molecular flexibility index (Phi) is 11.1. The second-order valence-corrected chi connectivity index (χ2v) is 12.7. The van der Waals surface area contributed by atoms with Crippen LogP contribution in [0.4, 0.5) is 10.1 Å². The zero-order valence-electron chi connectivity index (χ0n) is 27.4. The summed E-state index contributed by atoms with van der Waals surface area (Å²) in [6.07, 6.45) is 3.49. The van der Waals surface area contributed by atoms with E-state index in [4.69, 9.17) is 37.7 Å². The van der Waals surface area contributed by atoms with Gasteiger partial charge in [-0.2, -0.15) is 0 Å². The summed E-state index contributed by atoms with van der Waals surface area (Å²) in [5.41, 5.74) is 2.84. The number of ether oxygens (including phenoxy) is 2. The van der Waals surface area contributed by atoms with E-state index in [1.807, 2.05) is 26.8 Å². The van der Waals surface area contributed by atoms with E-state index >= 15 is 4.39 Å². The number of esters is 1. The van der Waals surface area contributed by atoms with Crippen molar-refractivity contribution in [3.8, 4) is 5.75 Å². The predicted molar refractivity (Wildman–Crippen MR) is 184 cm³/mol. The molecular weight excluding hydrogens is 642 g/mol. The number of nitrogens with zero attached hydrogens (tertiary/aromatic N) is 3. The first-order valence-corrected chi connectivity index (χ1v) is 16.8. The average Bonchev–Trinajstić information content (AvgIpc) is 3.74. The molecule has 250 valence electrons. The Morgan fingerprint density at radius 3 is 2.49 bits per heavy atom. The minimum absolute atomic E-state index is 0.0165. The van der Waals surface area contributed by atoms with E-state index in [1.165, 1.54) is 20.3 Å². The number of hydrogen-bond acceptors (Lipinski definition) is 6. The number of benzene rings is 3. The topological polar surface area (TPSA) is 85.7 Å². The van der Waals surface area contributed by atoms with E-state index in [-0.39, 0.29) is 17.0 Å². The standard InChI is InChI=1S/C34H35Cl2FN4O4.C2H6/c1-19-38-28-16-26(34(43)45-3)30(44-2)17-29(28)40(19)13-12-23-15-25(24-8-5-9-27(36)31(24)37)32(41(23)18-20-10-11-20)33(42)39-22-7-4-6-21(35)14-22;1-2/h4-9,14,16-17,20,23,25,32H,10-13,15,18H2,1-3H3,(H,39,42);1-2H3/t23-,25?,32?;/m0./s1. The molecule has 1 amide bonds. The van der Waals surface area contributed by atoms with Gasteiger partial charge in [0.05, 0.1) is 36.3 Å². The van der Waals surface area contributed by atoms with Gasteiger partial charge in [0, 0.05) is 41.8 Å². The van der Waals surface area contributed by atoms with Crippen molar-refractivity contribution in [2.24, 2.45) is 5.92 Å². The zero-order chi connectivity index (χ0) is 33.8. The Bertz CT molecular complexity index is 1760. The number of methoxy groups -OCH3 is 2. The Balaban J connectivity index is 0.00000213. The van der Waals surface area contributed by atoms with Crippen molar-refractivity contribution in [2.45, 2.75) is 71.0 Å². The maximum absolute atomic E-state index is 15.6. The van der Waals surface area contributed by atoms with E-state index in [2.05, 4.69) is 14.8 Å². The maximum Gasteiger partial charge on any atom is 0.341 e. The highest BCUT2D eigenvalue weighted by Gasteiger charge is 2.48. The SMILES string of the molecule is CC.COC(=O)c1cc2nc(C)n(CC[C@H]3CC(c4cccc(Cl)c4F)C(C(=O)Nc4cccc(Cl)c4)N3CC3CC3)c2cc1OC. The van der Waals surface area contributed by atoms with Gasteiger partial charge >= 0.3 is 5.97 Å². The number of likely N-dealkylation sites (tertiary alicyclic amines) is 1. The molecule has 4 aromatic rings. The van der Waals surface area contributed by atoms with Crippen molar-refractivity contribution in [3.63, 3.8) is 0 Å². The average molecular weight is 684 g/mol. The first-order valence-electron chi connectivity index (χ1n) is 16.1. The number of aryl methyl sites for hydroxylation is 2. The Morgan fingerprint density at radius 2 is 1.81 bits per heavy atom. The van der Waals surface area contributed by atoms with Gasteiger partial charge in [0.15, 0.2) is 0 Å². The van der Waals surface area contributed by atoms with Crippen molar-refractivity contribution >= 4 is 51.8 Å². The third kappa shape index (κ3) is 7.42. The quantitative estimate of drug-likeness (QED) is 0.170. The van der Waals surface area contributed by atoms with Crippen LogP contribution in [-0.4, -0.2) is 59.2 Å². The molecule has 47 heavy (non-hydrogen) atoms. The highest BCUT2D eigenvalue weighted by atomic mass is 35.5. The molecular formula is C36H41Cl2FN4O4. The summed E-state index contributed by atoms with van der Waals surface area (Å²) in [5, 5.41) is 3.61. The number of nitrogens with one attached hydrogen (secondary N) is 1. The molecule has 1 aromatic heterocycles. The van der Waals surface area contributed by atoms with Gasteiger partial charge in [-0.1, -0.05) is 55.2 Å². The molecule has 0 bridgehead atoms. The first-order chi connectivity index (χ1) is 22.7. The molecule has 1 aliphatic carbocycles. The summed E-state index contributed by atoms with van der Waals surface area (Å²) < 4.78 is 28.1. The molecule has 11 heteroatoms. The summed E-state index contributed by atoms with van der Waals surface area (Å²) in [4.78, 5) is 33.4. The van der Waals surface area contributed by atoms with Crippen LogP contribution in [0.5, 0.6) is 5.75 Å². The van der Waals surface area contributed by atoms with Crippen molar-refractivity contribution in [1.29, 1.82) is 0 Å². The van der Waals surface area contributed by atoms with Gasteiger partial charge in [-0.15, -0.1) is 0 Å². The molecule has 2 fully saturated rings. The van der Waals surface area contributed by atoms with E-state index in [0.29, 0.717) is 58.4 Å². The number of halogens is 3. The molecule has 1 aliphatic heterocycles. The number of hydrogen-bond donors (Lipinski definition) is 1. The van der Waals surface area contributed by atoms with E-state index in [0.717, 1.165) is 30.7 Å². The third-order valence-electron chi connectivity index (χ3n) is 8.99. The molecule has 0 radical (unpaired) electrons. The van der Waals surface area contributed by atoms with Crippen molar-refractivity contribution < 1.29 is 23.5 Å². The lowest BCUT2D eigenvalue weighted by Gasteiger charge is -2.31. The maximum atomic E-state index is 15.6. The van der Waals surface area contributed by atoms with Crippen LogP contribution in [0.15, 0.2) is 54.6 Å². The minimum Gasteiger partial charge on any atom is -0.496 e. The van der Waals surface area contributed by atoms with Gasteiger partial charge in [-0.3, -0.25) is 9.69 Å². The Morgan fingerprint density at radius 1 is 1.06 bits per heavy atom. The van der Waals surface area contributed by atoms with Gasteiger partial charge in [-0.25, -0.2) is 14.2 Å². The summed E-state index contributed by atoms with van der Waals surface area (Å²) in [6.45, 7) is 7.27. The third-order valence-corrected chi connectivity index (χ3v) is 9.52. The molecule has 2 aliphatic rings. The normalized spacial score (nSPS) is 19.3. The first kappa shape index (κ1) is 34.7. The van der Waals surface area contributed by atoms with Gasteiger partial charge in [0.25, 0.3) is 0 Å². The fraction of sp³-hybridized carbons (Fsp3) is 0.417. The zero-order valence-corrected chi connectivity index (χ0v) is 28.9. The van der Waals surface area contributed by atoms with Crippen molar-refractivity contribution in [1.82, 2.24) is 14.5 Å². The highest BCUT2D eigenvalue weighted by Crippen LogP contribution is 2.44. The van der Waals surface area contributed by atoms with Gasteiger partial charge < -0.3 is 19.4 Å². The van der Waals surface area contributed by atoms with Crippen molar-refractivity contribution in [3.05, 3.63) is 87.4 Å². The van der Waals surface area contributed by atoms with Crippen LogP contribution < -0.4 is 10.1 Å². The Hall–Kier alpha value is -3.66. The largest absolute Gasteiger partial charge is 0.496 e. The van der Waals surface area contributed by atoms with Crippen molar-refractivity contribution in [2.75, 3.05) is 26.1 Å². The second kappa shape index (κ2) is 15.0. The number of fused-ring (bicyclic) bond motifs is 1. The summed E-state index contributed by atoms with van der Waals surface area (Å²) in [7, 11) is 2.84. The van der Waals surface area contributed by atoms with E-state index in [9.17, 15) is 9.59 Å². The summed E-state index contributed by atoms with van der Waals surface area (Å²) >= 11 is 12.5. The monoisotopic (exact) mass is 682 g/mol. The van der Waals surface area contributed by atoms with Crippen LogP contribution in [0.25, 0.3) is 11.0 Å². The molecule has 3 aromatic carbocycles. The fourth-order valence-electron chi connectivity index (χ4n) is 6.65. The lowest BCUT2D eigenvalue weighted by Crippen LogP contribution is -2.46. The molecule has 1 N–H and O–H groups in total. The number of rotatable bonds is 10. The van der Waals surface area contributed by atoms with Gasteiger partial charge in [0.2, 0.25) is 5.91 Å². The van der Waals surface area contributed by atoms with Crippen LogP contribution >= 0.6 is 23.2 Å². The number of carbonyl (C=O) groups is 2. The van der Waals surface area contributed by atoms with Gasteiger partial charge in [-0.05, 0) is 74.4 Å². The smallest absolute Gasteiger partial charge is 0.341 e. The molecule has 2 unspecified atom stereocenters. The second-order valence-electron chi connectivity index (χ2n) is 11.9. The fourth-order valence-corrected chi connectivity index (χ4v) is 7.02. The number of amides is 1. The van der Waals surface area contributed by atoms with Crippen LogP contribution in [-0.2, 0) is 16.1 Å². The molecule has 2 heterocycles. The predicted octanol–water partition coefficient (Wildman–Crippen LogP) is 8.28.